The van der Waals surface area contributed by atoms with Crippen LogP contribution in [0.4, 0.5) is 15.5 Å². The number of thiophene rings is 1. The molecule has 0 fully saturated rings. The minimum absolute atomic E-state index is 0.228. The molecule has 1 unspecified atom stereocenters. The van der Waals surface area contributed by atoms with Crippen LogP contribution < -0.4 is 10.6 Å². The molecule has 12 nitrogen and oxygen atoms in total. The number of benzene rings is 3. The normalized spacial score (nSPS) is 12.9. The van der Waals surface area contributed by atoms with Crippen molar-refractivity contribution in [1.29, 1.82) is 0 Å². The largest absolute Gasteiger partial charge is 0.479 e. The second-order valence-electron chi connectivity index (χ2n) is 14.2. The Kier molecular flexibility index (Phi) is 15.0. The van der Waals surface area contributed by atoms with Gasteiger partial charge < -0.3 is 35.6 Å². The highest BCUT2D eigenvalue weighted by Crippen LogP contribution is 2.42. The molecule has 0 radical (unpaired) electrons. The highest BCUT2D eigenvalue weighted by molar-refractivity contribution is 7.16. The summed E-state index contributed by atoms with van der Waals surface area (Å²) in [7, 11) is 1.58. The lowest BCUT2D eigenvalue weighted by Gasteiger charge is -2.32. The molecule has 0 spiro atoms. The van der Waals surface area contributed by atoms with Gasteiger partial charge in [-0.15, -0.1) is 11.3 Å². The number of hydrogen-bond acceptors (Lipinski definition) is 9. The maximum atomic E-state index is 13.8. The minimum Gasteiger partial charge on any atom is -0.479 e. The number of aliphatic hydroxyl groups is 1. The standard InChI is InChI=1S/C43H52N4O8S/c1-4-34(5-2)47(24-23-46(3)43(54)55-27-37(48)49)26-30-9-8-10-32(25-30)39(50)45-41-38(35-11-6-7-12-36(35)56-41)40(51)44-33-21-17-29(18-22-33)14-13-28-15-19-31(20-16-28)42(52)53/h8-10,15-22,25,34,40,44,51H,4-7,11-14,23-24,26-27H2,1-3H3,(H,45,50)(H,48,49)(H,52,53). The third-order valence-corrected chi connectivity index (χ3v) is 11.5. The Morgan fingerprint density at radius 3 is 2.14 bits per heavy atom. The number of carboxylic acids is 2. The van der Waals surface area contributed by atoms with Crippen LogP contribution in [-0.2, 0) is 41.8 Å². The molecule has 0 aliphatic heterocycles. The van der Waals surface area contributed by atoms with Crippen molar-refractivity contribution in [2.75, 3.05) is 37.4 Å². The number of aromatic carboxylic acids is 1. The van der Waals surface area contributed by atoms with Crippen LogP contribution in [0.15, 0.2) is 72.8 Å². The molecule has 1 aromatic heterocycles. The fourth-order valence-electron chi connectivity index (χ4n) is 7.09. The van der Waals surface area contributed by atoms with Crippen LogP contribution in [0.1, 0.15) is 99.2 Å². The minimum atomic E-state index is -1.21. The third-order valence-electron chi connectivity index (χ3n) is 10.3. The zero-order valence-electron chi connectivity index (χ0n) is 32.3. The predicted octanol–water partition coefficient (Wildman–Crippen LogP) is 7.61. The number of anilines is 2. The van der Waals surface area contributed by atoms with Gasteiger partial charge in [-0.2, -0.15) is 0 Å². The van der Waals surface area contributed by atoms with Crippen molar-refractivity contribution in [3.8, 4) is 0 Å². The van der Waals surface area contributed by atoms with Gasteiger partial charge in [-0.1, -0.05) is 50.2 Å². The summed E-state index contributed by atoms with van der Waals surface area (Å²) in [6.07, 6.45) is 5.40. The van der Waals surface area contributed by atoms with Gasteiger partial charge in [-0.3, -0.25) is 9.69 Å². The number of carbonyl (C=O) groups excluding carboxylic acids is 2. The molecule has 1 aliphatic carbocycles. The first-order valence-electron chi connectivity index (χ1n) is 19.2. The fraction of sp³-hybridized carbons (Fsp3) is 0.395. The molecular formula is C43H52N4O8S. The summed E-state index contributed by atoms with van der Waals surface area (Å²) in [5.41, 5.74) is 6.41. The SMILES string of the molecule is CCC(CC)N(CCN(C)C(=O)OCC(=O)O)Cc1cccc(C(=O)Nc2sc3c(c2C(O)Nc2ccc(CCc4ccc(C(=O)O)cc4)cc2)CCCC3)c1. The van der Waals surface area contributed by atoms with E-state index in [2.05, 4.69) is 29.4 Å². The van der Waals surface area contributed by atoms with E-state index in [1.165, 1.54) is 21.1 Å². The van der Waals surface area contributed by atoms with Crippen LogP contribution in [-0.4, -0.2) is 81.8 Å². The van der Waals surface area contributed by atoms with Crippen LogP contribution in [0.5, 0.6) is 0 Å². The third kappa shape index (κ3) is 11.4. The number of fused-ring (bicyclic) bond motifs is 1. The van der Waals surface area contributed by atoms with E-state index in [1.54, 1.807) is 25.2 Å². The summed E-state index contributed by atoms with van der Waals surface area (Å²) in [6.45, 7) is 4.96. The van der Waals surface area contributed by atoms with Crippen LogP contribution in [0, 0.1) is 0 Å². The monoisotopic (exact) mass is 784 g/mol. The average molecular weight is 785 g/mol. The van der Waals surface area contributed by atoms with E-state index in [1.807, 2.05) is 54.6 Å². The topological polar surface area (TPSA) is 169 Å². The highest BCUT2D eigenvalue weighted by atomic mass is 32.1. The molecule has 3 aromatic carbocycles. The lowest BCUT2D eigenvalue weighted by molar-refractivity contribution is -0.140. The quantitative estimate of drug-likeness (QED) is 0.0597. The zero-order valence-corrected chi connectivity index (χ0v) is 33.1. The molecular weight excluding hydrogens is 733 g/mol. The van der Waals surface area contributed by atoms with Crippen LogP contribution in [0.3, 0.4) is 0 Å². The van der Waals surface area contributed by atoms with Gasteiger partial charge in [0, 0.05) is 54.4 Å². The number of rotatable bonds is 19. The number of nitrogens with one attached hydrogen (secondary N) is 2. The zero-order chi connectivity index (χ0) is 40.2. The first-order valence-corrected chi connectivity index (χ1v) is 20.0. The van der Waals surface area contributed by atoms with Gasteiger partial charge in [-0.05, 0) is 110 Å². The smallest absolute Gasteiger partial charge is 0.410 e. The maximum Gasteiger partial charge on any atom is 0.410 e. The van der Waals surface area contributed by atoms with Crippen molar-refractivity contribution in [3.63, 3.8) is 0 Å². The van der Waals surface area contributed by atoms with Gasteiger partial charge in [0.2, 0.25) is 0 Å². The van der Waals surface area contributed by atoms with Crippen LogP contribution in [0.25, 0.3) is 0 Å². The van der Waals surface area contributed by atoms with Gasteiger partial charge in [0.15, 0.2) is 12.8 Å². The molecule has 5 N–H and O–H groups in total. The molecule has 298 valence electrons. The number of likely N-dealkylation sites (N-methyl/N-ethyl adjacent to an activating group) is 1. The Bertz CT molecular complexity index is 1960. The Balaban J connectivity index is 1.25. The molecule has 0 bridgehead atoms. The molecule has 5 rings (SSSR count). The van der Waals surface area contributed by atoms with Crippen LogP contribution >= 0.6 is 11.3 Å². The number of aliphatic carboxylic acids is 1. The summed E-state index contributed by atoms with van der Waals surface area (Å²) >= 11 is 1.53. The maximum absolute atomic E-state index is 13.8. The molecule has 4 aromatic rings. The van der Waals surface area contributed by atoms with Crippen molar-refractivity contribution in [1.82, 2.24) is 9.80 Å². The fourth-order valence-corrected chi connectivity index (χ4v) is 8.41. The Morgan fingerprint density at radius 1 is 0.839 bits per heavy atom. The number of ether oxygens (including phenoxy) is 1. The predicted molar refractivity (Wildman–Crippen MR) is 218 cm³/mol. The van der Waals surface area contributed by atoms with E-state index < -0.39 is 30.9 Å². The first-order chi connectivity index (χ1) is 26.9. The molecule has 13 heteroatoms. The number of hydrogen-bond donors (Lipinski definition) is 5. The summed E-state index contributed by atoms with van der Waals surface area (Å²) in [5.74, 6) is -2.42. The number of carbonyl (C=O) groups is 4. The van der Waals surface area contributed by atoms with E-state index in [0.29, 0.717) is 35.8 Å². The second kappa shape index (κ2) is 20.1. The summed E-state index contributed by atoms with van der Waals surface area (Å²) in [5, 5.41) is 36.6. The molecule has 56 heavy (non-hydrogen) atoms. The summed E-state index contributed by atoms with van der Waals surface area (Å²) < 4.78 is 4.83. The summed E-state index contributed by atoms with van der Waals surface area (Å²) in [6, 6.07) is 22.5. The van der Waals surface area contributed by atoms with Crippen LogP contribution in [0.2, 0.25) is 0 Å². The molecule has 0 saturated carbocycles. The van der Waals surface area contributed by atoms with E-state index in [4.69, 9.17) is 14.9 Å². The lowest BCUT2D eigenvalue weighted by atomic mass is 9.94. The van der Waals surface area contributed by atoms with Crippen molar-refractivity contribution in [2.45, 2.75) is 84.0 Å². The molecule has 1 heterocycles. The van der Waals surface area contributed by atoms with E-state index in [9.17, 15) is 24.3 Å². The highest BCUT2D eigenvalue weighted by Gasteiger charge is 2.27. The van der Waals surface area contributed by atoms with Crippen molar-refractivity contribution in [3.05, 3.63) is 117 Å². The van der Waals surface area contributed by atoms with E-state index in [-0.39, 0.29) is 17.5 Å². The van der Waals surface area contributed by atoms with Gasteiger partial charge in [0.05, 0.1) is 5.56 Å². The van der Waals surface area contributed by atoms with Crippen molar-refractivity contribution in [2.24, 2.45) is 0 Å². The van der Waals surface area contributed by atoms with E-state index >= 15 is 0 Å². The molecule has 2 amide bonds. The molecule has 1 aliphatic rings. The first kappa shape index (κ1) is 41.9. The van der Waals surface area contributed by atoms with E-state index in [0.717, 1.165) is 79.3 Å². The molecule has 1 atom stereocenters. The number of amides is 2. The number of nitrogens with zero attached hydrogens (tertiary/aromatic N) is 2. The second-order valence-corrected chi connectivity index (χ2v) is 15.3. The Labute approximate surface area is 332 Å². The number of aliphatic hydroxyl groups excluding tert-OH is 1. The molecule has 0 saturated heterocycles. The Morgan fingerprint density at radius 2 is 1.50 bits per heavy atom. The van der Waals surface area contributed by atoms with Crippen molar-refractivity contribution >= 4 is 46.0 Å². The van der Waals surface area contributed by atoms with Gasteiger partial charge >= 0.3 is 18.0 Å². The van der Waals surface area contributed by atoms with Gasteiger partial charge in [-0.25, -0.2) is 14.4 Å². The van der Waals surface area contributed by atoms with Gasteiger partial charge in [0.25, 0.3) is 5.91 Å². The number of carboxylic acid groups (broad SMARTS) is 2. The van der Waals surface area contributed by atoms with Crippen molar-refractivity contribution < 1.29 is 39.2 Å². The number of aryl methyl sites for hydroxylation is 3. The lowest BCUT2D eigenvalue weighted by Crippen LogP contribution is -2.41. The van der Waals surface area contributed by atoms with Gasteiger partial charge in [0.1, 0.15) is 5.00 Å². The Hall–Kier alpha value is -5.24. The average Bonchev–Trinajstić information content (AvgIpc) is 3.57. The summed E-state index contributed by atoms with van der Waals surface area (Å²) in [4.78, 5) is 52.9.